The SMILES string of the molecule is CCCCCCCCC(CCCCCC)COC(=O)CCCCCN(CCO)CCN(CCCCCC(=O)OCC(CCCCCC)CCCCCCCC)C1CCC1. The molecule has 7 nitrogen and oxygen atoms in total. The van der Waals surface area contributed by atoms with Gasteiger partial charge in [-0.25, -0.2) is 0 Å². The molecule has 2 unspecified atom stereocenters. The summed E-state index contributed by atoms with van der Waals surface area (Å²) in [6.45, 7) is 15.2. The molecule has 7 heteroatoms. The second-order valence-electron chi connectivity index (χ2n) is 18.7. The first-order valence-corrected chi connectivity index (χ1v) is 26.4. The Morgan fingerprint density at radius 3 is 1.27 bits per heavy atom. The van der Waals surface area contributed by atoms with Gasteiger partial charge in [-0.1, -0.05) is 175 Å². The maximum atomic E-state index is 12.7. The number of ether oxygens (including phenoxy) is 2. The van der Waals surface area contributed by atoms with Crippen molar-refractivity contribution >= 4 is 11.9 Å². The molecule has 350 valence electrons. The predicted molar refractivity (Wildman–Crippen MR) is 252 cm³/mol. The predicted octanol–water partition coefficient (Wildman–Crippen LogP) is 14.0. The Labute approximate surface area is 367 Å². The van der Waals surface area contributed by atoms with E-state index in [1.54, 1.807) is 0 Å². The number of rotatable bonds is 46. The largest absolute Gasteiger partial charge is 0.465 e. The molecule has 0 bridgehead atoms. The van der Waals surface area contributed by atoms with E-state index in [4.69, 9.17) is 9.47 Å². The van der Waals surface area contributed by atoms with Crippen molar-refractivity contribution in [3.63, 3.8) is 0 Å². The molecule has 1 aliphatic carbocycles. The lowest BCUT2D eigenvalue weighted by Gasteiger charge is -2.39. The molecule has 59 heavy (non-hydrogen) atoms. The van der Waals surface area contributed by atoms with Crippen LogP contribution in [-0.4, -0.2) is 85.4 Å². The summed E-state index contributed by atoms with van der Waals surface area (Å²) < 4.78 is 11.7. The van der Waals surface area contributed by atoms with Crippen molar-refractivity contribution in [3.8, 4) is 0 Å². The number of hydrogen-bond donors (Lipinski definition) is 1. The average Bonchev–Trinajstić information content (AvgIpc) is 3.21. The van der Waals surface area contributed by atoms with Crippen LogP contribution in [0, 0.1) is 11.8 Å². The number of carbonyl (C=O) groups excluding carboxylic acids is 2. The van der Waals surface area contributed by atoms with Crippen LogP contribution in [0.3, 0.4) is 0 Å². The molecule has 0 aromatic rings. The first-order valence-electron chi connectivity index (χ1n) is 26.4. The van der Waals surface area contributed by atoms with Crippen LogP contribution in [0.5, 0.6) is 0 Å². The van der Waals surface area contributed by atoms with Crippen molar-refractivity contribution in [1.82, 2.24) is 9.80 Å². The van der Waals surface area contributed by atoms with Gasteiger partial charge in [0.1, 0.15) is 0 Å². The molecule has 0 saturated heterocycles. The highest BCUT2D eigenvalue weighted by Crippen LogP contribution is 2.26. The van der Waals surface area contributed by atoms with Gasteiger partial charge in [0.05, 0.1) is 19.8 Å². The monoisotopic (exact) mass is 835 g/mol. The summed E-state index contributed by atoms with van der Waals surface area (Å²) in [5, 5.41) is 9.82. The van der Waals surface area contributed by atoms with E-state index >= 15 is 0 Å². The van der Waals surface area contributed by atoms with Gasteiger partial charge in [0.2, 0.25) is 0 Å². The highest BCUT2D eigenvalue weighted by atomic mass is 16.5. The molecule has 0 amide bonds. The second-order valence-corrected chi connectivity index (χ2v) is 18.7. The fourth-order valence-corrected chi connectivity index (χ4v) is 8.85. The molecule has 0 aromatic heterocycles. The van der Waals surface area contributed by atoms with E-state index in [-0.39, 0.29) is 18.5 Å². The molecule has 2 atom stereocenters. The number of aliphatic hydroxyl groups is 1. The fraction of sp³-hybridized carbons (Fsp3) is 0.962. The van der Waals surface area contributed by atoms with Gasteiger partial charge in [-0.2, -0.15) is 0 Å². The van der Waals surface area contributed by atoms with Crippen LogP contribution in [0.25, 0.3) is 0 Å². The standard InChI is InChI=1S/C52H102N2O5/c1-5-9-13-17-19-25-34-48(32-23-15-11-7-3)46-58-51(56)38-27-21-29-40-53(44-45-55)42-43-54(50-36-31-37-50)41-30-22-28-39-52(57)59-47-49(33-24-16-12-8-4)35-26-20-18-14-10-6-2/h48-50,55H,5-47H2,1-4H3. The lowest BCUT2D eigenvalue weighted by atomic mass is 9.91. The Kier molecular flexibility index (Phi) is 39.9. The van der Waals surface area contributed by atoms with Crippen LogP contribution in [0.15, 0.2) is 0 Å². The lowest BCUT2D eigenvalue weighted by molar-refractivity contribution is -0.146. The topological polar surface area (TPSA) is 79.3 Å². The van der Waals surface area contributed by atoms with Crippen molar-refractivity contribution in [2.45, 2.75) is 258 Å². The number of aliphatic hydroxyl groups excluding tert-OH is 1. The summed E-state index contributed by atoms with van der Waals surface area (Å²) >= 11 is 0. The quantitative estimate of drug-likeness (QED) is 0.0483. The third-order valence-corrected chi connectivity index (χ3v) is 13.2. The molecular weight excluding hydrogens is 733 g/mol. The van der Waals surface area contributed by atoms with Crippen LogP contribution in [0.1, 0.15) is 252 Å². The Hall–Kier alpha value is -1.18. The van der Waals surface area contributed by atoms with E-state index in [0.717, 1.165) is 64.7 Å². The van der Waals surface area contributed by atoms with E-state index in [0.29, 0.717) is 50.5 Å². The molecule has 0 radical (unpaired) electrons. The molecule has 0 aliphatic heterocycles. The van der Waals surface area contributed by atoms with Crippen molar-refractivity contribution in [3.05, 3.63) is 0 Å². The minimum atomic E-state index is -0.0210. The lowest BCUT2D eigenvalue weighted by Crippen LogP contribution is -2.45. The number of hydrogen-bond acceptors (Lipinski definition) is 7. The molecule has 0 spiro atoms. The zero-order valence-electron chi connectivity index (χ0n) is 40.1. The van der Waals surface area contributed by atoms with Crippen molar-refractivity contribution < 1.29 is 24.2 Å². The molecule has 1 N–H and O–H groups in total. The first-order chi connectivity index (χ1) is 29.0. The Bertz CT molecular complexity index is 914. The summed E-state index contributed by atoms with van der Waals surface area (Å²) in [7, 11) is 0. The fourth-order valence-electron chi connectivity index (χ4n) is 8.85. The van der Waals surface area contributed by atoms with Gasteiger partial charge in [-0.05, 0) is 89.1 Å². The summed E-state index contributed by atoms with van der Waals surface area (Å²) in [4.78, 5) is 30.5. The average molecular weight is 835 g/mol. The molecular formula is C52H102N2O5. The van der Waals surface area contributed by atoms with Gasteiger partial charge >= 0.3 is 11.9 Å². The molecule has 1 fully saturated rings. The van der Waals surface area contributed by atoms with E-state index < -0.39 is 0 Å². The summed E-state index contributed by atoms with van der Waals surface area (Å²) in [6, 6.07) is 0.685. The molecule has 0 heterocycles. The van der Waals surface area contributed by atoms with Gasteiger partial charge in [0, 0.05) is 38.5 Å². The third-order valence-electron chi connectivity index (χ3n) is 13.2. The number of esters is 2. The van der Waals surface area contributed by atoms with Gasteiger partial charge < -0.3 is 14.6 Å². The van der Waals surface area contributed by atoms with Crippen molar-refractivity contribution in [2.75, 3.05) is 52.5 Å². The Balaban J connectivity index is 2.34. The van der Waals surface area contributed by atoms with E-state index in [9.17, 15) is 14.7 Å². The summed E-state index contributed by atoms with van der Waals surface area (Å²) in [5.74, 6) is 1.02. The summed E-state index contributed by atoms with van der Waals surface area (Å²) in [5.41, 5.74) is 0. The summed E-state index contributed by atoms with van der Waals surface area (Å²) in [6.07, 6.45) is 41.9. The van der Waals surface area contributed by atoms with Crippen LogP contribution >= 0.6 is 0 Å². The highest BCUT2D eigenvalue weighted by molar-refractivity contribution is 5.69. The first kappa shape index (κ1) is 55.8. The van der Waals surface area contributed by atoms with Gasteiger partial charge in [-0.3, -0.25) is 19.4 Å². The maximum Gasteiger partial charge on any atom is 0.305 e. The Morgan fingerprint density at radius 2 is 0.864 bits per heavy atom. The highest BCUT2D eigenvalue weighted by Gasteiger charge is 2.25. The van der Waals surface area contributed by atoms with Crippen LogP contribution in [0.4, 0.5) is 0 Å². The Morgan fingerprint density at radius 1 is 0.475 bits per heavy atom. The van der Waals surface area contributed by atoms with E-state index in [1.807, 2.05) is 0 Å². The zero-order valence-corrected chi connectivity index (χ0v) is 40.1. The van der Waals surface area contributed by atoms with E-state index in [2.05, 4.69) is 37.5 Å². The smallest absolute Gasteiger partial charge is 0.305 e. The number of nitrogens with zero attached hydrogens (tertiary/aromatic N) is 2. The van der Waals surface area contributed by atoms with Crippen LogP contribution in [0.2, 0.25) is 0 Å². The molecule has 1 saturated carbocycles. The number of carbonyl (C=O) groups is 2. The van der Waals surface area contributed by atoms with Crippen molar-refractivity contribution in [1.29, 1.82) is 0 Å². The van der Waals surface area contributed by atoms with Crippen molar-refractivity contribution in [2.24, 2.45) is 11.8 Å². The number of unbranched alkanes of at least 4 members (excludes halogenated alkanes) is 20. The van der Waals surface area contributed by atoms with Gasteiger partial charge in [0.25, 0.3) is 0 Å². The van der Waals surface area contributed by atoms with Crippen LogP contribution < -0.4 is 0 Å². The zero-order chi connectivity index (χ0) is 42.9. The van der Waals surface area contributed by atoms with Gasteiger partial charge in [0.15, 0.2) is 0 Å². The van der Waals surface area contributed by atoms with E-state index in [1.165, 1.54) is 173 Å². The maximum absolute atomic E-state index is 12.7. The third kappa shape index (κ3) is 34.0. The minimum absolute atomic E-state index is 0.000464. The minimum Gasteiger partial charge on any atom is -0.465 e. The molecule has 1 rings (SSSR count). The molecule has 1 aliphatic rings. The second kappa shape index (κ2) is 42.1. The normalized spacial score (nSPS) is 14.2. The van der Waals surface area contributed by atoms with Gasteiger partial charge in [-0.15, -0.1) is 0 Å². The molecule has 0 aromatic carbocycles. The van der Waals surface area contributed by atoms with Crippen LogP contribution in [-0.2, 0) is 19.1 Å².